The summed E-state index contributed by atoms with van der Waals surface area (Å²) in [5, 5.41) is 4.38. The molecule has 2 aliphatic rings. The van der Waals surface area contributed by atoms with Gasteiger partial charge in [0.05, 0.1) is 17.2 Å². The number of hydrogen-bond donors (Lipinski definition) is 2. The van der Waals surface area contributed by atoms with Gasteiger partial charge in [-0.15, -0.1) is 11.3 Å². The van der Waals surface area contributed by atoms with Gasteiger partial charge in [0.1, 0.15) is 11.4 Å². The Kier molecular flexibility index (Phi) is 8.72. The smallest absolute Gasteiger partial charge is 0.407 e. The Hall–Kier alpha value is -2.43. The molecule has 3 heterocycles. The number of amidine groups is 1. The van der Waals surface area contributed by atoms with Crippen molar-refractivity contribution < 1.29 is 19.2 Å². The van der Waals surface area contributed by atoms with Gasteiger partial charge in [-0.3, -0.25) is 14.5 Å². The number of aliphatic imine (C=N–C) groups is 1. The van der Waals surface area contributed by atoms with Crippen molar-refractivity contribution in [3.8, 4) is 0 Å². The Morgan fingerprint density at radius 2 is 2.12 bits per heavy atom. The minimum Gasteiger partial charge on any atom is -0.444 e. The maximum Gasteiger partial charge on any atom is 0.407 e. The van der Waals surface area contributed by atoms with Crippen molar-refractivity contribution in [3.05, 3.63) is 21.4 Å². The molecule has 0 spiro atoms. The van der Waals surface area contributed by atoms with Crippen LogP contribution in [-0.4, -0.2) is 65.7 Å². The normalized spacial score (nSPS) is 18.6. The molecule has 3 rings (SSSR count). The highest BCUT2D eigenvalue weighted by atomic mass is 32.1. The predicted octanol–water partition coefficient (Wildman–Crippen LogP) is 3.81. The largest absolute Gasteiger partial charge is 0.444 e. The lowest BCUT2D eigenvalue weighted by Gasteiger charge is -2.22. The van der Waals surface area contributed by atoms with Gasteiger partial charge in [0.15, 0.2) is 0 Å². The first-order valence-electron chi connectivity index (χ1n) is 11.9. The molecular weight excluding hydrogens is 454 g/mol. The number of nitrogens with one attached hydrogen (secondary N) is 1. The summed E-state index contributed by atoms with van der Waals surface area (Å²) in [6, 6.07) is 2.10. The lowest BCUT2D eigenvalue weighted by atomic mass is 10.1. The van der Waals surface area contributed by atoms with Gasteiger partial charge in [-0.25, -0.2) is 14.9 Å². The number of carbonyl (C=O) groups excluding carboxylic acids is 2. The minimum absolute atomic E-state index is 0.0635. The molecule has 10 heteroatoms. The number of nitrogens with zero attached hydrogens (tertiary/aromatic N) is 3. The van der Waals surface area contributed by atoms with Crippen molar-refractivity contribution in [2.45, 2.75) is 72.1 Å². The molecule has 34 heavy (non-hydrogen) atoms. The second-order valence-corrected chi connectivity index (χ2v) is 10.8. The summed E-state index contributed by atoms with van der Waals surface area (Å²) < 4.78 is 5.37. The Labute approximate surface area is 205 Å². The van der Waals surface area contributed by atoms with Crippen LogP contribution in [-0.2, 0) is 20.9 Å². The summed E-state index contributed by atoms with van der Waals surface area (Å²) in [6.45, 7) is 12.8. The Morgan fingerprint density at radius 1 is 1.35 bits per heavy atom. The number of likely N-dealkylation sites (tertiary alicyclic amines) is 1. The van der Waals surface area contributed by atoms with E-state index in [1.54, 1.807) is 11.3 Å². The van der Waals surface area contributed by atoms with Crippen LogP contribution < -0.4 is 11.1 Å². The number of rotatable bonds is 8. The highest BCUT2D eigenvalue weighted by Gasteiger charge is 2.27. The monoisotopic (exact) mass is 491 g/mol. The van der Waals surface area contributed by atoms with E-state index in [4.69, 9.17) is 15.3 Å². The lowest BCUT2D eigenvalue weighted by Crippen LogP contribution is -2.40. The van der Waals surface area contributed by atoms with E-state index in [0.717, 1.165) is 47.9 Å². The summed E-state index contributed by atoms with van der Waals surface area (Å²) >= 11 is 1.62. The molecule has 0 aromatic carbocycles. The number of fused-ring (bicyclic) bond motifs is 1. The van der Waals surface area contributed by atoms with Gasteiger partial charge in [0, 0.05) is 49.1 Å². The van der Waals surface area contributed by atoms with Crippen LogP contribution in [0.3, 0.4) is 0 Å². The molecule has 3 N–H and O–H groups in total. The number of nitrogens with two attached hydrogens (primary N) is 1. The van der Waals surface area contributed by atoms with Crippen molar-refractivity contribution in [2.75, 3.05) is 26.2 Å². The lowest BCUT2D eigenvalue weighted by molar-refractivity contribution is -0.180. The molecule has 1 fully saturated rings. The molecule has 0 saturated carbocycles. The first kappa shape index (κ1) is 26.2. The molecule has 2 amide bonds. The summed E-state index contributed by atoms with van der Waals surface area (Å²) in [6.07, 6.45) is 3.49. The second-order valence-electron chi connectivity index (χ2n) is 9.60. The maximum absolute atomic E-state index is 13.1. The Bertz CT molecular complexity index is 944. The summed E-state index contributed by atoms with van der Waals surface area (Å²) in [7, 11) is 0. The van der Waals surface area contributed by atoms with Gasteiger partial charge in [-0.1, -0.05) is 6.92 Å². The first-order chi connectivity index (χ1) is 16.1. The van der Waals surface area contributed by atoms with Crippen LogP contribution in [0, 0.1) is 0 Å². The van der Waals surface area contributed by atoms with E-state index in [0.29, 0.717) is 31.0 Å². The molecular formula is C24H37N5O4S. The fourth-order valence-corrected chi connectivity index (χ4v) is 5.09. The number of hydroxylamine groups is 2. The van der Waals surface area contributed by atoms with E-state index in [1.807, 2.05) is 46.8 Å². The van der Waals surface area contributed by atoms with Gasteiger partial charge in [0.25, 0.3) is 5.91 Å². The highest BCUT2D eigenvalue weighted by molar-refractivity contribution is 7.13. The fraction of sp³-hybridized carbons (Fsp3) is 0.625. The third kappa shape index (κ3) is 7.28. The molecule has 0 aliphatic carbocycles. The highest BCUT2D eigenvalue weighted by Crippen LogP contribution is 2.35. The second kappa shape index (κ2) is 11.3. The molecule has 0 bridgehead atoms. The molecule has 0 radical (unpaired) electrons. The predicted molar refractivity (Wildman–Crippen MR) is 135 cm³/mol. The molecule has 1 atom stereocenters. The molecule has 1 aromatic rings. The minimum atomic E-state index is -0.510. The molecule has 188 valence electrons. The Balaban J connectivity index is 1.66. The van der Waals surface area contributed by atoms with Gasteiger partial charge < -0.3 is 15.8 Å². The van der Waals surface area contributed by atoms with E-state index >= 15 is 0 Å². The van der Waals surface area contributed by atoms with Gasteiger partial charge in [0.2, 0.25) is 0 Å². The van der Waals surface area contributed by atoms with Crippen LogP contribution in [0.15, 0.2) is 16.6 Å². The van der Waals surface area contributed by atoms with Crippen molar-refractivity contribution >= 4 is 40.9 Å². The van der Waals surface area contributed by atoms with Crippen LogP contribution in [0.4, 0.5) is 10.5 Å². The van der Waals surface area contributed by atoms with Crippen molar-refractivity contribution in [2.24, 2.45) is 10.7 Å². The van der Waals surface area contributed by atoms with E-state index < -0.39 is 5.60 Å². The topological polar surface area (TPSA) is 109 Å². The van der Waals surface area contributed by atoms with Crippen LogP contribution >= 0.6 is 11.3 Å². The molecule has 1 aromatic heterocycles. The average Bonchev–Trinajstić information content (AvgIpc) is 3.27. The van der Waals surface area contributed by atoms with E-state index in [2.05, 4.69) is 15.2 Å². The zero-order chi connectivity index (χ0) is 24.9. The SMILES string of the molecule is CCCN(OCC)C(=O)C1=Cc2sc(CN3CCC(NC(=O)OC(C)(C)C)C3)cc2N=C(N)C1. The van der Waals surface area contributed by atoms with Gasteiger partial charge >= 0.3 is 6.09 Å². The van der Waals surface area contributed by atoms with E-state index in [9.17, 15) is 9.59 Å². The number of carbonyl (C=O) groups is 2. The maximum atomic E-state index is 13.1. The zero-order valence-corrected chi connectivity index (χ0v) is 21.7. The summed E-state index contributed by atoms with van der Waals surface area (Å²) in [4.78, 5) is 39.6. The molecule has 9 nitrogen and oxygen atoms in total. The van der Waals surface area contributed by atoms with Crippen LogP contribution in [0.2, 0.25) is 0 Å². The van der Waals surface area contributed by atoms with E-state index in [-0.39, 0.29) is 18.0 Å². The average molecular weight is 492 g/mol. The standard InChI is InChI=1S/C24H37N5O4S/c1-6-9-29(32-7-2)22(30)16-11-20-19(27-21(25)12-16)13-18(34-20)15-28-10-8-17(14-28)26-23(31)33-24(3,4)5/h11,13,17H,6-10,12,14-15H2,1-5H3,(H2,25,27)(H,26,31). The third-order valence-electron chi connectivity index (χ3n) is 5.32. The molecule has 1 saturated heterocycles. The van der Waals surface area contributed by atoms with Crippen LogP contribution in [0.25, 0.3) is 6.08 Å². The summed E-state index contributed by atoms with van der Waals surface area (Å²) in [5.41, 5.74) is 7.01. The van der Waals surface area contributed by atoms with Gasteiger partial charge in [-0.2, -0.15) is 0 Å². The molecule has 1 unspecified atom stereocenters. The first-order valence-corrected chi connectivity index (χ1v) is 12.7. The Morgan fingerprint density at radius 3 is 2.79 bits per heavy atom. The van der Waals surface area contributed by atoms with Crippen molar-refractivity contribution in [1.82, 2.24) is 15.3 Å². The van der Waals surface area contributed by atoms with Crippen LogP contribution in [0.1, 0.15) is 63.6 Å². The molecule has 2 aliphatic heterocycles. The number of hydrogen-bond acceptors (Lipinski definition) is 8. The summed E-state index contributed by atoms with van der Waals surface area (Å²) in [5.74, 6) is 0.249. The van der Waals surface area contributed by atoms with Crippen molar-refractivity contribution in [3.63, 3.8) is 0 Å². The zero-order valence-electron chi connectivity index (χ0n) is 20.8. The van der Waals surface area contributed by atoms with Crippen LogP contribution in [0.5, 0.6) is 0 Å². The van der Waals surface area contributed by atoms with Crippen molar-refractivity contribution in [1.29, 1.82) is 0 Å². The number of alkyl carbamates (subject to hydrolysis) is 1. The third-order valence-corrected chi connectivity index (χ3v) is 6.37. The van der Waals surface area contributed by atoms with Gasteiger partial charge in [-0.05, 0) is 52.7 Å². The fourth-order valence-electron chi connectivity index (χ4n) is 3.98. The quantitative estimate of drug-likeness (QED) is 0.535. The number of thiophene rings is 1. The number of ether oxygens (including phenoxy) is 1. The number of amides is 2. The van der Waals surface area contributed by atoms with E-state index in [1.165, 1.54) is 5.06 Å².